The third-order valence-corrected chi connectivity index (χ3v) is 3.07. The van der Waals surface area contributed by atoms with Gasteiger partial charge in [-0.15, -0.1) is 0 Å². The molecule has 1 saturated heterocycles. The molecule has 2 rings (SSSR count). The summed E-state index contributed by atoms with van der Waals surface area (Å²) in [4.78, 5) is 11.5. The molecule has 1 N–H and O–H groups in total. The summed E-state index contributed by atoms with van der Waals surface area (Å²) >= 11 is 3.40. The molecule has 1 amide bonds. The van der Waals surface area contributed by atoms with Gasteiger partial charge in [0.15, 0.2) is 6.61 Å². The summed E-state index contributed by atoms with van der Waals surface area (Å²) in [7, 11) is 0. The fourth-order valence-electron chi connectivity index (χ4n) is 1.45. The Labute approximate surface area is 108 Å². The Balaban J connectivity index is 1.82. The molecule has 0 atom stereocenters. The van der Waals surface area contributed by atoms with Crippen LogP contribution in [0.15, 0.2) is 22.7 Å². The Morgan fingerprint density at radius 1 is 1.59 bits per heavy atom. The van der Waals surface area contributed by atoms with Crippen molar-refractivity contribution in [1.29, 1.82) is 0 Å². The molecule has 1 aromatic carbocycles. The van der Waals surface area contributed by atoms with Gasteiger partial charge in [-0.2, -0.15) is 0 Å². The number of hydrogen-bond acceptors (Lipinski definition) is 3. The normalized spacial score (nSPS) is 15.2. The van der Waals surface area contributed by atoms with Crippen LogP contribution in [-0.4, -0.2) is 31.8 Å². The minimum absolute atomic E-state index is 0.0260. The van der Waals surface area contributed by atoms with Crippen LogP contribution in [0.2, 0.25) is 0 Å². The van der Waals surface area contributed by atoms with E-state index >= 15 is 0 Å². The van der Waals surface area contributed by atoms with Gasteiger partial charge in [0, 0.05) is 0 Å². The predicted octanol–water partition coefficient (Wildman–Crippen LogP) is 1.65. The summed E-state index contributed by atoms with van der Waals surface area (Å²) in [6, 6.07) is 5.89. The van der Waals surface area contributed by atoms with Crippen LogP contribution in [0.1, 0.15) is 5.56 Å². The van der Waals surface area contributed by atoms with E-state index in [1.807, 2.05) is 25.1 Å². The molecular weight excluding hydrogens is 286 g/mol. The van der Waals surface area contributed by atoms with Crippen LogP contribution in [-0.2, 0) is 9.53 Å². The van der Waals surface area contributed by atoms with E-state index in [0.29, 0.717) is 19.0 Å². The summed E-state index contributed by atoms with van der Waals surface area (Å²) in [5.74, 6) is 0.557. The lowest BCUT2D eigenvalue weighted by Crippen LogP contribution is -2.49. The molecule has 5 heteroatoms. The van der Waals surface area contributed by atoms with Crippen molar-refractivity contribution in [1.82, 2.24) is 5.32 Å². The van der Waals surface area contributed by atoms with E-state index in [4.69, 9.17) is 9.47 Å². The second-order valence-corrected chi connectivity index (χ2v) is 4.88. The first-order valence-electron chi connectivity index (χ1n) is 5.41. The van der Waals surface area contributed by atoms with Crippen LogP contribution < -0.4 is 10.1 Å². The molecule has 1 fully saturated rings. The highest BCUT2D eigenvalue weighted by molar-refractivity contribution is 9.10. The largest absolute Gasteiger partial charge is 0.483 e. The Morgan fingerprint density at radius 3 is 2.94 bits per heavy atom. The van der Waals surface area contributed by atoms with E-state index in [2.05, 4.69) is 21.2 Å². The number of amides is 1. The van der Waals surface area contributed by atoms with Gasteiger partial charge in [-0.05, 0) is 40.5 Å². The predicted molar refractivity (Wildman–Crippen MR) is 67.1 cm³/mol. The first kappa shape index (κ1) is 12.4. The molecule has 1 heterocycles. The van der Waals surface area contributed by atoms with Crippen LogP contribution in [0, 0.1) is 6.92 Å². The van der Waals surface area contributed by atoms with Crippen LogP contribution >= 0.6 is 15.9 Å². The van der Waals surface area contributed by atoms with Gasteiger partial charge in [0.1, 0.15) is 5.75 Å². The summed E-state index contributed by atoms with van der Waals surface area (Å²) in [5.41, 5.74) is 1.14. The fraction of sp³-hybridized carbons (Fsp3) is 0.417. The molecule has 1 aliphatic heterocycles. The molecule has 17 heavy (non-hydrogen) atoms. The average molecular weight is 300 g/mol. The van der Waals surface area contributed by atoms with Crippen molar-refractivity contribution in [2.75, 3.05) is 19.8 Å². The van der Waals surface area contributed by atoms with Crippen molar-refractivity contribution < 1.29 is 14.3 Å². The Bertz CT molecular complexity index is 418. The standard InChI is InChI=1S/C12H14BrNO3/c1-8-2-3-11(10(13)4-8)17-7-12(15)14-9-5-16-6-9/h2-4,9H,5-7H2,1H3,(H,14,15). The van der Waals surface area contributed by atoms with Crippen molar-refractivity contribution in [2.45, 2.75) is 13.0 Å². The number of aryl methyl sites for hydroxylation is 1. The van der Waals surface area contributed by atoms with E-state index in [9.17, 15) is 4.79 Å². The average Bonchev–Trinajstić information content (AvgIpc) is 2.22. The highest BCUT2D eigenvalue weighted by Crippen LogP contribution is 2.25. The SMILES string of the molecule is Cc1ccc(OCC(=O)NC2COC2)c(Br)c1. The lowest BCUT2D eigenvalue weighted by Gasteiger charge is -2.26. The highest BCUT2D eigenvalue weighted by Gasteiger charge is 2.20. The van der Waals surface area contributed by atoms with Crippen molar-refractivity contribution in [3.05, 3.63) is 28.2 Å². The third kappa shape index (κ3) is 3.44. The number of hydrogen-bond donors (Lipinski definition) is 1. The Kier molecular flexibility index (Phi) is 4.02. The van der Waals surface area contributed by atoms with Gasteiger partial charge in [0.2, 0.25) is 0 Å². The van der Waals surface area contributed by atoms with Crippen molar-refractivity contribution >= 4 is 21.8 Å². The number of benzene rings is 1. The van der Waals surface area contributed by atoms with E-state index in [-0.39, 0.29) is 18.6 Å². The second-order valence-electron chi connectivity index (χ2n) is 4.02. The van der Waals surface area contributed by atoms with Gasteiger partial charge in [-0.1, -0.05) is 6.07 Å². The minimum atomic E-state index is -0.120. The molecule has 92 valence electrons. The van der Waals surface area contributed by atoms with Crippen LogP contribution in [0.5, 0.6) is 5.75 Å². The third-order valence-electron chi connectivity index (χ3n) is 2.45. The van der Waals surface area contributed by atoms with Crippen LogP contribution in [0.3, 0.4) is 0 Å². The number of carbonyl (C=O) groups is 1. The van der Waals surface area contributed by atoms with Crippen molar-refractivity contribution in [3.63, 3.8) is 0 Å². The molecule has 0 unspecified atom stereocenters. The fourth-order valence-corrected chi connectivity index (χ4v) is 2.06. The quantitative estimate of drug-likeness (QED) is 0.920. The number of ether oxygens (including phenoxy) is 2. The number of rotatable bonds is 4. The number of nitrogens with one attached hydrogen (secondary N) is 1. The smallest absolute Gasteiger partial charge is 0.258 e. The number of halogens is 1. The zero-order valence-electron chi connectivity index (χ0n) is 9.53. The minimum Gasteiger partial charge on any atom is -0.483 e. The Hall–Kier alpha value is -1.07. The summed E-state index contributed by atoms with van der Waals surface area (Å²) < 4.78 is 11.2. The zero-order chi connectivity index (χ0) is 12.3. The zero-order valence-corrected chi connectivity index (χ0v) is 11.1. The Morgan fingerprint density at radius 2 is 2.35 bits per heavy atom. The van der Waals surface area contributed by atoms with Gasteiger partial charge in [-0.25, -0.2) is 0 Å². The van der Waals surface area contributed by atoms with Gasteiger partial charge >= 0.3 is 0 Å². The monoisotopic (exact) mass is 299 g/mol. The molecule has 0 aliphatic carbocycles. The molecule has 0 bridgehead atoms. The van der Waals surface area contributed by atoms with E-state index in [1.54, 1.807) is 0 Å². The second kappa shape index (κ2) is 5.51. The van der Waals surface area contributed by atoms with Gasteiger partial charge in [0.25, 0.3) is 5.91 Å². The van der Waals surface area contributed by atoms with Crippen molar-refractivity contribution in [3.8, 4) is 5.75 Å². The molecule has 0 saturated carbocycles. The summed E-state index contributed by atoms with van der Waals surface area (Å²) in [6.07, 6.45) is 0. The summed E-state index contributed by atoms with van der Waals surface area (Å²) in [5, 5.41) is 2.81. The summed E-state index contributed by atoms with van der Waals surface area (Å²) in [6.45, 7) is 3.22. The lowest BCUT2D eigenvalue weighted by atomic mass is 10.2. The molecule has 1 aliphatic rings. The highest BCUT2D eigenvalue weighted by atomic mass is 79.9. The first-order valence-corrected chi connectivity index (χ1v) is 6.20. The molecule has 4 nitrogen and oxygen atoms in total. The molecule has 0 spiro atoms. The molecule has 1 aromatic rings. The molecular formula is C12H14BrNO3. The first-order chi connectivity index (χ1) is 8.15. The lowest BCUT2D eigenvalue weighted by molar-refractivity contribution is -0.127. The van der Waals surface area contributed by atoms with Gasteiger partial charge in [0.05, 0.1) is 23.7 Å². The number of carbonyl (C=O) groups excluding carboxylic acids is 1. The van der Waals surface area contributed by atoms with E-state index in [1.165, 1.54) is 0 Å². The maximum absolute atomic E-state index is 11.5. The van der Waals surface area contributed by atoms with E-state index in [0.717, 1.165) is 10.0 Å². The van der Waals surface area contributed by atoms with Gasteiger partial charge < -0.3 is 14.8 Å². The molecule has 0 aromatic heterocycles. The maximum Gasteiger partial charge on any atom is 0.258 e. The van der Waals surface area contributed by atoms with Crippen molar-refractivity contribution in [2.24, 2.45) is 0 Å². The van der Waals surface area contributed by atoms with Crippen LogP contribution in [0.4, 0.5) is 0 Å². The van der Waals surface area contributed by atoms with E-state index < -0.39 is 0 Å². The van der Waals surface area contributed by atoms with Gasteiger partial charge in [-0.3, -0.25) is 4.79 Å². The van der Waals surface area contributed by atoms with Crippen LogP contribution in [0.25, 0.3) is 0 Å². The molecule has 0 radical (unpaired) electrons. The maximum atomic E-state index is 11.5. The topological polar surface area (TPSA) is 47.6 Å².